The molecule has 2 heterocycles. The summed E-state index contributed by atoms with van der Waals surface area (Å²) in [6.45, 7) is 0.700. The number of anilines is 1. The molecule has 41 heavy (non-hydrogen) atoms. The Morgan fingerprint density at radius 1 is 0.902 bits per heavy atom. The highest BCUT2D eigenvalue weighted by Crippen LogP contribution is 2.71. The van der Waals surface area contributed by atoms with E-state index in [1.165, 1.54) is 12.8 Å². The van der Waals surface area contributed by atoms with Gasteiger partial charge in [0.15, 0.2) is 5.82 Å². The van der Waals surface area contributed by atoms with Gasteiger partial charge in [0.25, 0.3) is 0 Å². The van der Waals surface area contributed by atoms with Gasteiger partial charge in [-0.3, -0.25) is 4.79 Å². The standard InChI is InChI=1S/C33H37FN4O3/c34-33-17-31(18-33,19-33)16-27(39)38(24-3-1-2-23(14-24)25-15-26(40-36-25)21-4-5-21)20-30-8-11-32(12-9-30,13-10-30)29-35-28(37-41-29)22-6-7-22/h1-3,14-15,21-22H,4-13,16-20H2. The van der Waals surface area contributed by atoms with Crippen molar-refractivity contribution in [3.05, 3.63) is 47.8 Å². The van der Waals surface area contributed by atoms with Gasteiger partial charge >= 0.3 is 0 Å². The van der Waals surface area contributed by atoms with Gasteiger partial charge in [-0.2, -0.15) is 4.98 Å². The number of benzene rings is 1. The van der Waals surface area contributed by atoms with Gasteiger partial charge in [0.2, 0.25) is 11.8 Å². The Kier molecular flexibility index (Phi) is 4.96. The van der Waals surface area contributed by atoms with Crippen LogP contribution in [0.3, 0.4) is 0 Å². The van der Waals surface area contributed by atoms with Crippen molar-refractivity contribution in [3.8, 4) is 11.3 Å². The minimum Gasteiger partial charge on any atom is -0.360 e. The summed E-state index contributed by atoms with van der Waals surface area (Å²) in [7, 11) is 0. The summed E-state index contributed by atoms with van der Waals surface area (Å²) in [4.78, 5) is 21.0. The van der Waals surface area contributed by atoms with E-state index in [-0.39, 0.29) is 22.2 Å². The molecule has 8 fully saturated rings. The molecule has 3 aromatic rings. The highest BCUT2D eigenvalue weighted by Gasteiger charge is 2.69. The molecule has 11 rings (SSSR count). The van der Waals surface area contributed by atoms with E-state index >= 15 is 0 Å². The number of carbonyl (C=O) groups is 1. The number of carbonyl (C=O) groups excluding carboxylic acids is 1. The maximum Gasteiger partial charge on any atom is 0.232 e. The largest absolute Gasteiger partial charge is 0.360 e. The minimum absolute atomic E-state index is 0.00978. The van der Waals surface area contributed by atoms with Crippen molar-refractivity contribution < 1.29 is 18.2 Å². The summed E-state index contributed by atoms with van der Waals surface area (Å²) in [6.07, 6.45) is 13.0. The van der Waals surface area contributed by atoms with E-state index in [9.17, 15) is 9.18 Å². The fraction of sp³-hybridized carbons (Fsp3) is 0.636. The van der Waals surface area contributed by atoms with Crippen molar-refractivity contribution in [2.24, 2.45) is 10.8 Å². The molecule has 0 saturated heterocycles. The number of amides is 1. The summed E-state index contributed by atoms with van der Waals surface area (Å²) in [5.41, 5.74) is 1.63. The first kappa shape index (κ1) is 24.6. The van der Waals surface area contributed by atoms with Gasteiger partial charge in [0.1, 0.15) is 17.1 Å². The van der Waals surface area contributed by atoms with E-state index < -0.39 is 5.67 Å². The van der Waals surface area contributed by atoms with Crippen LogP contribution in [0.4, 0.5) is 10.1 Å². The fourth-order valence-corrected chi connectivity index (χ4v) is 8.72. The molecule has 0 radical (unpaired) electrons. The van der Waals surface area contributed by atoms with E-state index in [1.807, 2.05) is 23.1 Å². The van der Waals surface area contributed by atoms with Gasteiger partial charge in [-0.1, -0.05) is 22.4 Å². The zero-order valence-corrected chi connectivity index (χ0v) is 23.5. The SMILES string of the molecule is O=C(CC12CC(F)(C1)C2)N(CC12CCC(c3nc(C4CC4)no3)(CC1)CC2)c1cccc(-c2cc(C3CC3)on2)c1. The maximum absolute atomic E-state index is 14.4. The Morgan fingerprint density at radius 2 is 1.63 bits per heavy atom. The second kappa shape index (κ2) is 8.29. The maximum atomic E-state index is 14.4. The summed E-state index contributed by atoms with van der Waals surface area (Å²) in [5, 5.41) is 8.67. The molecule has 214 valence electrons. The summed E-state index contributed by atoms with van der Waals surface area (Å²) in [5.74, 6) is 3.82. The number of hydrogen-bond acceptors (Lipinski definition) is 6. The molecule has 7 nitrogen and oxygen atoms in total. The van der Waals surface area contributed by atoms with E-state index in [2.05, 4.69) is 22.4 Å². The lowest BCUT2D eigenvalue weighted by atomic mass is 9.41. The average molecular weight is 557 g/mol. The van der Waals surface area contributed by atoms with Crippen LogP contribution in [-0.4, -0.2) is 33.4 Å². The lowest BCUT2D eigenvalue weighted by Crippen LogP contribution is -2.65. The molecule has 8 aliphatic carbocycles. The van der Waals surface area contributed by atoms with Crippen LogP contribution >= 0.6 is 0 Å². The monoisotopic (exact) mass is 556 g/mol. The molecule has 4 bridgehead atoms. The van der Waals surface area contributed by atoms with Gasteiger partial charge in [-0.25, -0.2) is 4.39 Å². The van der Waals surface area contributed by atoms with Crippen LogP contribution in [0, 0.1) is 10.8 Å². The Hall–Kier alpha value is -3.03. The minimum atomic E-state index is -1.000. The number of nitrogens with zero attached hydrogens (tertiary/aromatic N) is 4. The number of fused-ring (bicyclic) bond motifs is 3. The lowest BCUT2D eigenvalue weighted by molar-refractivity contribution is -0.215. The summed E-state index contributed by atoms with van der Waals surface area (Å²) >= 11 is 0. The third-order valence-electron chi connectivity index (χ3n) is 11.6. The van der Waals surface area contributed by atoms with Crippen LogP contribution in [0.15, 0.2) is 39.4 Å². The molecule has 1 amide bonds. The lowest BCUT2D eigenvalue weighted by Gasteiger charge is -2.66. The number of halogens is 1. The van der Waals surface area contributed by atoms with E-state index in [1.54, 1.807) is 0 Å². The Morgan fingerprint density at radius 3 is 2.32 bits per heavy atom. The highest BCUT2D eigenvalue weighted by molar-refractivity contribution is 5.95. The molecule has 8 aliphatic rings. The van der Waals surface area contributed by atoms with Crippen LogP contribution in [-0.2, 0) is 10.2 Å². The first-order valence-corrected chi connectivity index (χ1v) is 15.7. The van der Waals surface area contributed by atoms with Gasteiger partial charge in [0.05, 0.1) is 0 Å². The van der Waals surface area contributed by atoms with E-state index in [4.69, 9.17) is 14.0 Å². The molecule has 8 heteroatoms. The number of hydrogen-bond donors (Lipinski definition) is 0. The summed E-state index contributed by atoms with van der Waals surface area (Å²) < 4.78 is 25.8. The number of alkyl halides is 1. The van der Waals surface area contributed by atoms with Crippen molar-refractivity contribution in [2.75, 3.05) is 11.4 Å². The molecular weight excluding hydrogens is 519 g/mol. The third kappa shape index (κ3) is 4.03. The van der Waals surface area contributed by atoms with E-state index in [0.29, 0.717) is 44.1 Å². The fourth-order valence-electron chi connectivity index (χ4n) is 8.72. The van der Waals surface area contributed by atoms with Gasteiger partial charge < -0.3 is 13.9 Å². The third-order valence-corrected chi connectivity index (χ3v) is 11.6. The second-order valence-electron chi connectivity index (χ2n) is 14.8. The van der Waals surface area contributed by atoms with Gasteiger partial charge in [-0.05, 0) is 106 Å². The van der Waals surface area contributed by atoms with Gasteiger partial charge in [-0.15, -0.1) is 0 Å². The predicted octanol–water partition coefficient (Wildman–Crippen LogP) is 7.39. The van der Waals surface area contributed by atoms with Crippen LogP contribution in [0.1, 0.15) is 119 Å². The van der Waals surface area contributed by atoms with Gasteiger partial charge in [0, 0.05) is 47.5 Å². The Labute approximate surface area is 239 Å². The van der Waals surface area contributed by atoms with Crippen LogP contribution < -0.4 is 4.90 Å². The predicted molar refractivity (Wildman–Crippen MR) is 149 cm³/mol. The van der Waals surface area contributed by atoms with Crippen molar-refractivity contribution in [1.82, 2.24) is 15.3 Å². The molecule has 0 atom stereocenters. The summed E-state index contributed by atoms with van der Waals surface area (Å²) in [6, 6.07) is 10.3. The Balaban J connectivity index is 0.979. The van der Waals surface area contributed by atoms with Crippen molar-refractivity contribution in [1.29, 1.82) is 0 Å². The average Bonchev–Trinajstić information content (AvgIpc) is 3.90. The zero-order chi connectivity index (χ0) is 27.5. The van der Waals surface area contributed by atoms with E-state index in [0.717, 1.165) is 85.8 Å². The highest BCUT2D eigenvalue weighted by atomic mass is 19.1. The normalized spacial score (nSPS) is 35.1. The zero-order valence-electron chi connectivity index (χ0n) is 23.5. The Bertz CT molecular complexity index is 1490. The first-order chi connectivity index (χ1) is 19.8. The molecule has 1 aromatic carbocycles. The molecule has 0 unspecified atom stereocenters. The van der Waals surface area contributed by atoms with Crippen molar-refractivity contribution >= 4 is 11.6 Å². The first-order valence-electron chi connectivity index (χ1n) is 15.7. The molecule has 8 saturated carbocycles. The molecule has 0 N–H and O–H groups in total. The topological polar surface area (TPSA) is 85.3 Å². The molecule has 2 aromatic heterocycles. The number of aromatic nitrogens is 3. The van der Waals surface area contributed by atoms with Crippen molar-refractivity contribution in [2.45, 2.75) is 113 Å². The number of rotatable bonds is 9. The van der Waals surface area contributed by atoms with Crippen molar-refractivity contribution in [3.63, 3.8) is 0 Å². The molecular formula is C33H37FN4O3. The second-order valence-corrected chi connectivity index (χ2v) is 14.8. The quantitative estimate of drug-likeness (QED) is 0.273. The molecule has 0 spiro atoms. The molecule has 0 aliphatic heterocycles. The smallest absolute Gasteiger partial charge is 0.232 e. The van der Waals surface area contributed by atoms with Crippen LogP contribution in [0.2, 0.25) is 0 Å². The van der Waals surface area contributed by atoms with Crippen LogP contribution in [0.5, 0.6) is 0 Å². The van der Waals surface area contributed by atoms with Crippen LogP contribution in [0.25, 0.3) is 11.3 Å².